The summed E-state index contributed by atoms with van der Waals surface area (Å²) in [4.78, 5) is 10.7. The molecule has 0 N–H and O–H groups in total. The third-order valence-electron chi connectivity index (χ3n) is 3.90. The van der Waals surface area contributed by atoms with Crippen LogP contribution in [0.1, 0.15) is 17.8 Å². The Balaban J connectivity index is 1.58. The zero-order chi connectivity index (χ0) is 13.9. The van der Waals surface area contributed by atoms with Gasteiger partial charge in [-0.3, -0.25) is 4.98 Å². The van der Waals surface area contributed by atoms with Gasteiger partial charge in [-0.25, -0.2) is 4.98 Å². The molecule has 0 bridgehead atoms. The standard InChI is InChI=1S/C15H19ClN4/c1-19(11-13-4-5-17-8-14(13)16)9-12-2-3-15-18-6-7-20(15)10-12/h4-8,12H,2-3,9-11H2,1H3/t12-/m1/s1. The molecule has 1 atom stereocenters. The van der Waals surface area contributed by atoms with E-state index in [1.54, 1.807) is 12.4 Å². The van der Waals surface area contributed by atoms with E-state index in [1.165, 1.54) is 12.2 Å². The molecule has 2 aromatic heterocycles. The lowest BCUT2D eigenvalue weighted by atomic mass is 9.99. The molecule has 0 saturated carbocycles. The molecule has 0 radical (unpaired) electrons. The minimum absolute atomic E-state index is 0.683. The van der Waals surface area contributed by atoms with E-state index >= 15 is 0 Å². The number of halogens is 1. The maximum atomic E-state index is 6.16. The van der Waals surface area contributed by atoms with Gasteiger partial charge in [0.05, 0.1) is 5.02 Å². The smallest absolute Gasteiger partial charge is 0.108 e. The molecule has 0 unspecified atom stereocenters. The molecule has 0 amide bonds. The fourth-order valence-corrected chi connectivity index (χ4v) is 3.09. The summed E-state index contributed by atoms with van der Waals surface area (Å²) in [6, 6.07) is 1.99. The van der Waals surface area contributed by atoms with Gasteiger partial charge in [0, 0.05) is 50.8 Å². The average molecular weight is 291 g/mol. The van der Waals surface area contributed by atoms with Crippen LogP contribution in [0.3, 0.4) is 0 Å². The van der Waals surface area contributed by atoms with Gasteiger partial charge in [0.2, 0.25) is 0 Å². The first-order valence-corrected chi connectivity index (χ1v) is 7.37. The summed E-state index contributed by atoms with van der Waals surface area (Å²) < 4.78 is 2.28. The summed E-state index contributed by atoms with van der Waals surface area (Å²) in [6.07, 6.45) is 9.79. The molecule has 0 aliphatic carbocycles. The highest BCUT2D eigenvalue weighted by Crippen LogP contribution is 2.21. The molecule has 0 saturated heterocycles. The number of nitrogens with zero attached hydrogens (tertiary/aromatic N) is 4. The van der Waals surface area contributed by atoms with Crippen LogP contribution >= 0.6 is 11.6 Å². The molecule has 1 aliphatic rings. The quantitative estimate of drug-likeness (QED) is 0.868. The Morgan fingerprint density at radius 3 is 3.20 bits per heavy atom. The zero-order valence-electron chi connectivity index (χ0n) is 11.7. The van der Waals surface area contributed by atoms with Crippen LogP contribution in [0.5, 0.6) is 0 Å². The van der Waals surface area contributed by atoms with Gasteiger partial charge in [-0.15, -0.1) is 0 Å². The third kappa shape index (κ3) is 3.02. The molecule has 0 fully saturated rings. The molecule has 0 spiro atoms. The maximum Gasteiger partial charge on any atom is 0.108 e. The van der Waals surface area contributed by atoms with Gasteiger partial charge < -0.3 is 9.47 Å². The number of imidazole rings is 1. The number of rotatable bonds is 4. The molecule has 5 heteroatoms. The SMILES string of the molecule is CN(Cc1ccncc1Cl)C[C@H]1CCc2nccn2C1. The van der Waals surface area contributed by atoms with Crippen molar-refractivity contribution in [2.75, 3.05) is 13.6 Å². The van der Waals surface area contributed by atoms with Crippen LogP contribution < -0.4 is 0 Å². The van der Waals surface area contributed by atoms with Crippen LogP contribution in [-0.4, -0.2) is 33.0 Å². The second kappa shape index (κ2) is 5.94. The minimum atomic E-state index is 0.683. The maximum absolute atomic E-state index is 6.16. The van der Waals surface area contributed by atoms with Crippen molar-refractivity contribution in [3.05, 3.63) is 47.3 Å². The van der Waals surface area contributed by atoms with Gasteiger partial charge in [0.15, 0.2) is 0 Å². The van der Waals surface area contributed by atoms with Crippen molar-refractivity contribution in [2.45, 2.75) is 25.9 Å². The van der Waals surface area contributed by atoms with Crippen LogP contribution in [0.2, 0.25) is 5.02 Å². The van der Waals surface area contributed by atoms with Gasteiger partial charge >= 0.3 is 0 Å². The van der Waals surface area contributed by atoms with E-state index in [-0.39, 0.29) is 0 Å². The Hall–Kier alpha value is -1.39. The van der Waals surface area contributed by atoms with Crippen molar-refractivity contribution in [1.29, 1.82) is 0 Å². The average Bonchev–Trinajstić information content (AvgIpc) is 2.89. The second-order valence-corrected chi connectivity index (χ2v) is 5.97. The fourth-order valence-electron chi connectivity index (χ4n) is 2.91. The molecule has 20 heavy (non-hydrogen) atoms. The summed E-state index contributed by atoms with van der Waals surface area (Å²) in [6.45, 7) is 3.02. The van der Waals surface area contributed by atoms with Crippen LogP contribution in [0, 0.1) is 5.92 Å². The van der Waals surface area contributed by atoms with Crippen molar-refractivity contribution in [1.82, 2.24) is 19.4 Å². The van der Waals surface area contributed by atoms with Gasteiger partial charge in [-0.1, -0.05) is 11.6 Å². The van der Waals surface area contributed by atoms with Crippen molar-refractivity contribution >= 4 is 11.6 Å². The monoisotopic (exact) mass is 290 g/mol. The second-order valence-electron chi connectivity index (χ2n) is 5.56. The van der Waals surface area contributed by atoms with Gasteiger partial charge in [0.1, 0.15) is 5.82 Å². The topological polar surface area (TPSA) is 34.0 Å². The fraction of sp³-hybridized carbons (Fsp3) is 0.467. The Morgan fingerprint density at radius 2 is 2.35 bits per heavy atom. The molecule has 0 aromatic carbocycles. The number of hydrogen-bond acceptors (Lipinski definition) is 3. The van der Waals surface area contributed by atoms with Gasteiger partial charge in [0.25, 0.3) is 0 Å². The molecule has 3 rings (SSSR count). The molecule has 2 aromatic rings. The first kappa shape index (κ1) is 13.6. The van der Waals surface area contributed by atoms with Crippen LogP contribution in [-0.2, 0) is 19.5 Å². The van der Waals surface area contributed by atoms with Crippen LogP contribution in [0.4, 0.5) is 0 Å². The predicted molar refractivity (Wildman–Crippen MR) is 79.6 cm³/mol. The van der Waals surface area contributed by atoms with E-state index in [2.05, 4.69) is 32.7 Å². The molecular formula is C15H19ClN4. The summed E-state index contributed by atoms with van der Waals surface area (Å²) in [7, 11) is 2.15. The van der Waals surface area contributed by atoms with E-state index in [0.717, 1.165) is 36.6 Å². The molecule has 4 nitrogen and oxygen atoms in total. The Labute approximate surface area is 124 Å². The van der Waals surface area contributed by atoms with E-state index < -0.39 is 0 Å². The summed E-state index contributed by atoms with van der Waals surface area (Å²) in [5, 5.41) is 0.750. The van der Waals surface area contributed by atoms with E-state index in [0.29, 0.717) is 5.92 Å². The lowest BCUT2D eigenvalue weighted by Crippen LogP contribution is -2.31. The predicted octanol–water partition coefficient (Wildman–Crippen LogP) is 2.63. The molecule has 1 aliphatic heterocycles. The van der Waals surface area contributed by atoms with Gasteiger partial charge in [-0.2, -0.15) is 0 Å². The number of fused-ring (bicyclic) bond motifs is 1. The van der Waals surface area contributed by atoms with Crippen molar-refractivity contribution < 1.29 is 0 Å². The van der Waals surface area contributed by atoms with Crippen LogP contribution in [0.25, 0.3) is 0 Å². The van der Waals surface area contributed by atoms with Crippen molar-refractivity contribution in [3.8, 4) is 0 Å². The normalized spacial score (nSPS) is 18.2. The lowest BCUT2D eigenvalue weighted by molar-refractivity contribution is 0.229. The zero-order valence-corrected chi connectivity index (χ0v) is 12.4. The number of hydrogen-bond donors (Lipinski definition) is 0. The molecule has 106 valence electrons. The van der Waals surface area contributed by atoms with Crippen molar-refractivity contribution in [3.63, 3.8) is 0 Å². The lowest BCUT2D eigenvalue weighted by Gasteiger charge is -2.28. The van der Waals surface area contributed by atoms with Gasteiger partial charge in [-0.05, 0) is 31.0 Å². The molecular weight excluding hydrogens is 272 g/mol. The minimum Gasteiger partial charge on any atom is -0.335 e. The summed E-state index contributed by atoms with van der Waals surface area (Å²) >= 11 is 6.16. The van der Waals surface area contributed by atoms with E-state index in [9.17, 15) is 0 Å². The summed E-state index contributed by atoms with van der Waals surface area (Å²) in [5.74, 6) is 1.91. The van der Waals surface area contributed by atoms with E-state index in [1.807, 2.05) is 12.3 Å². The Kier molecular flexibility index (Phi) is 4.03. The highest BCUT2D eigenvalue weighted by Gasteiger charge is 2.20. The number of aromatic nitrogens is 3. The van der Waals surface area contributed by atoms with Crippen LogP contribution in [0.15, 0.2) is 30.9 Å². The Bertz CT molecular complexity index is 581. The highest BCUT2D eigenvalue weighted by atomic mass is 35.5. The summed E-state index contributed by atoms with van der Waals surface area (Å²) in [5.41, 5.74) is 1.14. The highest BCUT2D eigenvalue weighted by molar-refractivity contribution is 6.31. The first-order chi connectivity index (χ1) is 9.72. The number of aryl methyl sites for hydroxylation is 1. The molecule has 3 heterocycles. The van der Waals surface area contributed by atoms with E-state index in [4.69, 9.17) is 11.6 Å². The first-order valence-electron chi connectivity index (χ1n) is 6.99. The largest absolute Gasteiger partial charge is 0.335 e. The third-order valence-corrected chi connectivity index (χ3v) is 4.24. The number of pyridine rings is 1. The Morgan fingerprint density at radius 1 is 1.45 bits per heavy atom. The van der Waals surface area contributed by atoms with Crippen molar-refractivity contribution in [2.24, 2.45) is 5.92 Å².